The van der Waals surface area contributed by atoms with Crippen molar-refractivity contribution >= 4 is 38.9 Å². The monoisotopic (exact) mass is 428 g/mol. The molecule has 29 heavy (non-hydrogen) atoms. The van der Waals surface area contributed by atoms with E-state index in [0.717, 1.165) is 16.7 Å². The van der Waals surface area contributed by atoms with Gasteiger partial charge in [0.25, 0.3) is 15.9 Å². The highest BCUT2D eigenvalue weighted by Crippen LogP contribution is 2.27. The Hall–Kier alpha value is -2.83. The van der Waals surface area contributed by atoms with E-state index in [1.54, 1.807) is 12.1 Å². The van der Waals surface area contributed by atoms with Crippen molar-refractivity contribution in [2.24, 2.45) is 0 Å². The Morgan fingerprint density at radius 3 is 2.28 bits per heavy atom. The molecule has 7 heteroatoms. The Kier molecular flexibility index (Phi) is 5.96. The number of halogens is 1. The second-order valence-electron chi connectivity index (χ2n) is 6.84. The second kappa shape index (κ2) is 8.27. The summed E-state index contributed by atoms with van der Waals surface area (Å²) in [5.74, 6) is -0.418. The third-order valence-electron chi connectivity index (χ3n) is 4.50. The molecule has 0 radical (unpaired) electrons. The van der Waals surface area contributed by atoms with E-state index in [0.29, 0.717) is 11.4 Å². The van der Waals surface area contributed by atoms with Crippen LogP contribution in [0.2, 0.25) is 5.02 Å². The molecule has 0 fully saturated rings. The lowest BCUT2D eigenvalue weighted by Crippen LogP contribution is -2.17. The van der Waals surface area contributed by atoms with E-state index < -0.39 is 15.9 Å². The van der Waals surface area contributed by atoms with E-state index in [4.69, 9.17) is 11.6 Å². The number of sulfonamides is 1. The number of carbonyl (C=O) groups excluding carboxylic acids is 1. The number of aryl methyl sites for hydroxylation is 3. The molecule has 3 aromatic rings. The van der Waals surface area contributed by atoms with Gasteiger partial charge in [-0.15, -0.1) is 0 Å². The molecule has 150 valence electrons. The van der Waals surface area contributed by atoms with Crippen LogP contribution >= 0.6 is 11.6 Å². The summed E-state index contributed by atoms with van der Waals surface area (Å²) < 4.78 is 28.4. The minimum absolute atomic E-state index is 0.0368. The zero-order valence-electron chi connectivity index (χ0n) is 16.3. The number of anilines is 2. The summed E-state index contributed by atoms with van der Waals surface area (Å²) in [5.41, 5.74) is 4.03. The van der Waals surface area contributed by atoms with Gasteiger partial charge >= 0.3 is 0 Å². The van der Waals surface area contributed by atoms with Crippen molar-refractivity contribution in [3.8, 4) is 0 Å². The third kappa shape index (κ3) is 4.78. The highest BCUT2D eigenvalue weighted by Gasteiger charge is 2.21. The Morgan fingerprint density at radius 2 is 1.59 bits per heavy atom. The summed E-state index contributed by atoms with van der Waals surface area (Å²) in [5, 5.41) is 2.83. The van der Waals surface area contributed by atoms with Crippen LogP contribution in [-0.2, 0) is 10.0 Å². The molecule has 0 aliphatic heterocycles. The van der Waals surface area contributed by atoms with Crippen LogP contribution in [0.4, 0.5) is 11.4 Å². The van der Waals surface area contributed by atoms with Crippen LogP contribution in [-0.4, -0.2) is 14.3 Å². The molecular formula is C22H21ClN2O3S. The van der Waals surface area contributed by atoms with Gasteiger partial charge in [0.2, 0.25) is 0 Å². The van der Waals surface area contributed by atoms with Crippen molar-refractivity contribution in [1.82, 2.24) is 0 Å². The first-order chi connectivity index (χ1) is 13.7. The summed E-state index contributed by atoms with van der Waals surface area (Å²) in [6, 6.07) is 16.9. The maximum absolute atomic E-state index is 12.9. The first-order valence-corrected chi connectivity index (χ1v) is 10.8. The number of nitrogens with one attached hydrogen (secondary N) is 2. The van der Waals surface area contributed by atoms with Crippen LogP contribution in [0.15, 0.2) is 65.6 Å². The molecule has 0 unspecified atom stereocenters. The van der Waals surface area contributed by atoms with E-state index in [1.807, 2.05) is 51.1 Å². The van der Waals surface area contributed by atoms with Gasteiger partial charge in [-0.25, -0.2) is 8.42 Å². The molecule has 3 aromatic carbocycles. The summed E-state index contributed by atoms with van der Waals surface area (Å²) >= 11 is 6.15. The molecular weight excluding hydrogens is 408 g/mol. The molecule has 1 amide bonds. The topological polar surface area (TPSA) is 75.3 Å². The van der Waals surface area contributed by atoms with Crippen LogP contribution in [0.5, 0.6) is 0 Å². The van der Waals surface area contributed by atoms with Crippen molar-refractivity contribution < 1.29 is 13.2 Å². The van der Waals surface area contributed by atoms with Crippen LogP contribution in [0.1, 0.15) is 27.0 Å². The lowest BCUT2D eigenvalue weighted by atomic mass is 10.1. The largest absolute Gasteiger partial charge is 0.322 e. The predicted molar refractivity (Wildman–Crippen MR) is 117 cm³/mol. The van der Waals surface area contributed by atoms with E-state index in [2.05, 4.69) is 10.0 Å². The Labute approximate surface area is 175 Å². The normalized spacial score (nSPS) is 11.2. The standard InChI is InChI=1S/C22H21ClN2O3S/c1-14-8-11-20(16(3)12-14)25-29(27,28)21-13-17(9-10-18(21)23)22(26)24-19-7-5-4-6-15(19)2/h4-13,25H,1-3H3,(H,24,26). The quantitative estimate of drug-likeness (QED) is 0.577. The number of rotatable bonds is 5. The van der Waals surface area contributed by atoms with Crippen LogP contribution in [0.3, 0.4) is 0 Å². The number of hydrogen-bond donors (Lipinski definition) is 2. The zero-order chi connectivity index (χ0) is 21.2. The number of para-hydroxylation sites is 1. The molecule has 3 rings (SSSR count). The van der Waals surface area contributed by atoms with Gasteiger partial charge in [-0.2, -0.15) is 0 Å². The molecule has 0 saturated carbocycles. The maximum Gasteiger partial charge on any atom is 0.263 e. The molecule has 5 nitrogen and oxygen atoms in total. The molecule has 2 N–H and O–H groups in total. The fraction of sp³-hybridized carbons (Fsp3) is 0.136. The highest BCUT2D eigenvalue weighted by atomic mass is 35.5. The molecule has 0 spiro atoms. The Morgan fingerprint density at radius 1 is 0.862 bits per heavy atom. The molecule has 0 saturated heterocycles. The van der Waals surface area contributed by atoms with E-state index in [1.165, 1.54) is 18.2 Å². The van der Waals surface area contributed by atoms with Gasteiger partial charge in [0.1, 0.15) is 4.90 Å². The second-order valence-corrected chi connectivity index (χ2v) is 8.90. The number of hydrogen-bond acceptors (Lipinski definition) is 3. The molecule has 0 bridgehead atoms. The summed E-state index contributed by atoms with van der Waals surface area (Å²) in [4.78, 5) is 12.5. The van der Waals surface area contributed by atoms with E-state index in [-0.39, 0.29) is 15.5 Å². The lowest BCUT2D eigenvalue weighted by Gasteiger charge is -2.14. The zero-order valence-corrected chi connectivity index (χ0v) is 17.9. The van der Waals surface area contributed by atoms with Gasteiger partial charge in [0.15, 0.2) is 0 Å². The van der Waals surface area contributed by atoms with E-state index >= 15 is 0 Å². The minimum atomic E-state index is -3.98. The van der Waals surface area contributed by atoms with Gasteiger partial charge in [-0.3, -0.25) is 9.52 Å². The minimum Gasteiger partial charge on any atom is -0.322 e. The number of benzene rings is 3. The van der Waals surface area contributed by atoms with Gasteiger partial charge in [0.05, 0.1) is 10.7 Å². The fourth-order valence-electron chi connectivity index (χ4n) is 2.89. The SMILES string of the molecule is Cc1ccc(NS(=O)(=O)c2cc(C(=O)Nc3ccccc3C)ccc2Cl)c(C)c1. The molecule has 0 heterocycles. The molecule has 0 atom stereocenters. The van der Waals surface area contributed by atoms with Crippen molar-refractivity contribution in [3.63, 3.8) is 0 Å². The lowest BCUT2D eigenvalue weighted by molar-refractivity contribution is 0.102. The van der Waals surface area contributed by atoms with Gasteiger partial charge in [-0.1, -0.05) is 47.5 Å². The third-order valence-corrected chi connectivity index (χ3v) is 6.35. The Balaban J connectivity index is 1.91. The predicted octanol–water partition coefficient (Wildman–Crippen LogP) is 5.32. The first kappa shape index (κ1) is 20.9. The van der Waals surface area contributed by atoms with Crippen LogP contribution < -0.4 is 10.0 Å². The maximum atomic E-state index is 12.9. The highest BCUT2D eigenvalue weighted by molar-refractivity contribution is 7.92. The van der Waals surface area contributed by atoms with Crippen molar-refractivity contribution in [1.29, 1.82) is 0 Å². The smallest absolute Gasteiger partial charge is 0.263 e. The molecule has 0 aliphatic carbocycles. The van der Waals surface area contributed by atoms with Gasteiger partial charge in [0, 0.05) is 11.3 Å². The van der Waals surface area contributed by atoms with Crippen molar-refractivity contribution in [3.05, 3.63) is 87.9 Å². The summed E-state index contributed by atoms with van der Waals surface area (Å²) in [6.07, 6.45) is 0. The average molecular weight is 429 g/mol. The van der Waals surface area contributed by atoms with Gasteiger partial charge in [-0.05, 0) is 62.2 Å². The van der Waals surface area contributed by atoms with Gasteiger partial charge < -0.3 is 5.32 Å². The fourth-order valence-corrected chi connectivity index (χ4v) is 4.54. The molecule has 0 aliphatic rings. The van der Waals surface area contributed by atoms with E-state index in [9.17, 15) is 13.2 Å². The summed E-state index contributed by atoms with van der Waals surface area (Å²) in [6.45, 7) is 5.62. The van der Waals surface area contributed by atoms with Crippen LogP contribution in [0.25, 0.3) is 0 Å². The average Bonchev–Trinajstić information content (AvgIpc) is 2.66. The summed E-state index contributed by atoms with van der Waals surface area (Å²) in [7, 11) is -3.98. The number of amides is 1. The Bertz CT molecular complexity index is 1190. The van der Waals surface area contributed by atoms with Crippen molar-refractivity contribution in [2.45, 2.75) is 25.7 Å². The van der Waals surface area contributed by atoms with Crippen molar-refractivity contribution in [2.75, 3.05) is 10.0 Å². The first-order valence-electron chi connectivity index (χ1n) is 8.94. The number of carbonyl (C=O) groups is 1. The van der Waals surface area contributed by atoms with Crippen LogP contribution in [0, 0.1) is 20.8 Å². The molecule has 0 aromatic heterocycles.